The van der Waals surface area contributed by atoms with E-state index in [9.17, 15) is 14.4 Å². The fraction of sp³-hybridized carbons (Fsp3) is 0.286. The Morgan fingerprint density at radius 2 is 1.30 bits per heavy atom. The van der Waals surface area contributed by atoms with Gasteiger partial charge in [0.15, 0.2) is 5.78 Å². The molecule has 2 aromatic carbocycles. The number of hydrogen-bond donors (Lipinski definition) is 1. The van der Waals surface area contributed by atoms with Gasteiger partial charge in [0.2, 0.25) is 5.91 Å². The maximum Gasteiger partial charge on any atom is 0.321 e. The van der Waals surface area contributed by atoms with Gasteiger partial charge in [0.1, 0.15) is 0 Å². The summed E-state index contributed by atoms with van der Waals surface area (Å²) in [5, 5.41) is 2.85. The number of nitrogens with zero attached hydrogens (tertiary/aromatic N) is 2. The lowest BCUT2D eigenvalue weighted by atomic mass is 10.1. The first-order valence-electron chi connectivity index (χ1n) is 9.10. The van der Waals surface area contributed by atoms with E-state index >= 15 is 0 Å². The molecule has 0 radical (unpaired) electrons. The van der Waals surface area contributed by atoms with Gasteiger partial charge in [-0.2, -0.15) is 0 Å². The van der Waals surface area contributed by atoms with Crippen molar-refractivity contribution in [2.75, 3.05) is 31.5 Å². The molecular formula is C21H23N3O3. The van der Waals surface area contributed by atoms with Crippen molar-refractivity contribution in [2.24, 2.45) is 0 Å². The number of amides is 3. The summed E-state index contributed by atoms with van der Waals surface area (Å²) in [5.74, 6) is -0.0628. The highest BCUT2D eigenvalue weighted by Crippen LogP contribution is 2.11. The number of piperazine rings is 1. The molecule has 6 nitrogen and oxygen atoms in total. The molecule has 2 aromatic rings. The third-order valence-electron chi connectivity index (χ3n) is 4.61. The van der Waals surface area contributed by atoms with Crippen molar-refractivity contribution in [2.45, 2.75) is 12.8 Å². The number of anilines is 1. The van der Waals surface area contributed by atoms with Crippen LogP contribution in [0, 0.1) is 0 Å². The van der Waals surface area contributed by atoms with Gasteiger partial charge < -0.3 is 15.1 Å². The number of urea groups is 1. The molecule has 3 amide bonds. The van der Waals surface area contributed by atoms with Crippen LogP contribution in [0.4, 0.5) is 10.5 Å². The van der Waals surface area contributed by atoms with Gasteiger partial charge in [0.05, 0.1) is 0 Å². The number of benzene rings is 2. The number of ketones is 1. The minimum atomic E-state index is -0.160. The van der Waals surface area contributed by atoms with Crippen LogP contribution in [-0.2, 0) is 4.79 Å². The molecule has 27 heavy (non-hydrogen) atoms. The lowest BCUT2D eigenvalue weighted by Gasteiger charge is -2.34. The summed E-state index contributed by atoms with van der Waals surface area (Å²) in [6, 6.07) is 18.1. The SMILES string of the molecule is O=C(CCC(=O)N1CCN(C(=O)Nc2ccccc2)CC1)c1ccccc1. The van der Waals surface area contributed by atoms with Gasteiger partial charge in [-0.15, -0.1) is 0 Å². The van der Waals surface area contributed by atoms with E-state index in [1.165, 1.54) is 0 Å². The Morgan fingerprint density at radius 1 is 0.741 bits per heavy atom. The van der Waals surface area contributed by atoms with Crippen LogP contribution in [0.15, 0.2) is 60.7 Å². The van der Waals surface area contributed by atoms with Crippen LogP contribution in [-0.4, -0.2) is 53.7 Å². The molecule has 0 aromatic heterocycles. The Labute approximate surface area is 158 Å². The molecule has 0 aliphatic carbocycles. The molecule has 1 fully saturated rings. The van der Waals surface area contributed by atoms with Crippen LogP contribution in [0.25, 0.3) is 0 Å². The Kier molecular flexibility index (Phi) is 6.20. The highest BCUT2D eigenvalue weighted by Gasteiger charge is 2.24. The third-order valence-corrected chi connectivity index (χ3v) is 4.61. The molecule has 3 rings (SSSR count). The average molecular weight is 365 g/mol. The van der Waals surface area contributed by atoms with E-state index in [0.29, 0.717) is 31.7 Å². The van der Waals surface area contributed by atoms with Crippen LogP contribution in [0.2, 0.25) is 0 Å². The summed E-state index contributed by atoms with van der Waals surface area (Å²) >= 11 is 0. The number of hydrogen-bond acceptors (Lipinski definition) is 3. The summed E-state index contributed by atoms with van der Waals surface area (Å²) in [4.78, 5) is 40.2. The van der Waals surface area contributed by atoms with Crippen molar-refractivity contribution in [1.82, 2.24) is 9.80 Å². The number of rotatable bonds is 5. The predicted octanol–water partition coefficient (Wildman–Crippen LogP) is 3.03. The minimum absolute atomic E-state index is 0.0233. The molecule has 1 heterocycles. The van der Waals surface area contributed by atoms with Crippen LogP contribution in [0.1, 0.15) is 23.2 Å². The van der Waals surface area contributed by atoms with Gasteiger partial charge in [0, 0.05) is 50.3 Å². The topological polar surface area (TPSA) is 69.7 Å². The van der Waals surface area contributed by atoms with Crippen molar-refractivity contribution in [3.63, 3.8) is 0 Å². The normalized spacial score (nSPS) is 13.9. The van der Waals surface area contributed by atoms with Gasteiger partial charge in [-0.3, -0.25) is 9.59 Å². The zero-order chi connectivity index (χ0) is 19.1. The van der Waals surface area contributed by atoms with Crippen molar-refractivity contribution >= 4 is 23.4 Å². The van der Waals surface area contributed by atoms with Crippen LogP contribution < -0.4 is 5.32 Å². The van der Waals surface area contributed by atoms with Crippen LogP contribution in [0.5, 0.6) is 0 Å². The standard InChI is InChI=1S/C21H23N3O3/c25-19(17-7-3-1-4-8-17)11-12-20(26)23-13-15-24(16-14-23)21(27)22-18-9-5-2-6-10-18/h1-10H,11-16H2,(H,22,27). The highest BCUT2D eigenvalue weighted by atomic mass is 16.2. The zero-order valence-electron chi connectivity index (χ0n) is 15.1. The smallest absolute Gasteiger partial charge is 0.321 e. The molecular weight excluding hydrogens is 342 g/mol. The highest BCUT2D eigenvalue weighted by molar-refractivity contribution is 5.98. The van der Waals surface area contributed by atoms with Crippen molar-refractivity contribution < 1.29 is 14.4 Å². The van der Waals surface area contributed by atoms with E-state index in [1.807, 2.05) is 48.5 Å². The summed E-state index contributed by atoms with van der Waals surface area (Å²) in [7, 11) is 0. The zero-order valence-corrected chi connectivity index (χ0v) is 15.1. The lowest BCUT2D eigenvalue weighted by Crippen LogP contribution is -2.51. The Morgan fingerprint density at radius 3 is 1.93 bits per heavy atom. The fourth-order valence-corrected chi connectivity index (χ4v) is 3.03. The first-order valence-corrected chi connectivity index (χ1v) is 9.10. The molecule has 1 aliphatic heterocycles. The molecule has 0 unspecified atom stereocenters. The van der Waals surface area contributed by atoms with Gasteiger partial charge in [-0.05, 0) is 12.1 Å². The molecule has 1 N–H and O–H groups in total. The molecule has 0 saturated carbocycles. The first kappa shape index (κ1) is 18.6. The quantitative estimate of drug-likeness (QED) is 0.828. The van der Waals surface area contributed by atoms with E-state index in [1.54, 1.807) is 21.9 Å². The van der Waals surface area contributed by atoms with Gasteiger partial charge in [-0.1, -0.05) is 48.5 Å². The first-order chi connectivity index (χ1) is 13.1. The molecule has 1 aliphatic rings. The number of Topliss-reactive ketones (excluding diaryl/α,β-unsaturated/α-hetero) is 1. The molecule has 0 atom stereocenters. The van der Waals surface area contributed by atoms with Crippen LogP contribution in [0.3, 0.4) is 0 Å². The summed E-state index contributed by atoms with van der Waals surface area (Å²) in [5.41, 5.74) is 1.38. The summed E-state index contributed by atoms with van der Waals surface area (Å²) in [6.45, 7) is 1.94. The lowest BCUT2D eigenvalue weighted by molar-refractivity contribution is -0.132. The maximum atomic E-state index is 12.4. The monoisotopic (exact) mass is 365 g/mol. The second-order valence-electron chi connectivity index (χ2n) is 6.45. The Hall–Kier alpha value is -3.15. The minimum Gasteiger partial charge on any atom is -0.339 e. The molecule has 1 saturated heterocycles. The van der Waals surface area contributed by atoms with Crippen molar-refractivity contribution in [1.29, 1.82) is 0 Å². The largest absolute Gasteiger partial charge is 0.339 e. The molecule has 0 spiro atoms. The van der Waals surface area contributed by atoms with Gasteiger partial charge in [-0.25, -0.2) is 4.79 Å². The van der Waals surface area contributed by atoms with E-state index in [-0.39, 0.29) is 30.6 Å². The molecule has 140 valence electrons. The molecule has 0 bridgehead atoms. The summed E-state index contributed by atoms with van der Waals surface area (Å²) in [6.07, 6.45) is 0.404. The van der Waals surface area contributed by atoms with Gasteiger partial charge >= 0.3 is 6.03 Å². The number of para-hydroxylation sites is 1. The fourth-order valence-electron chi connectivity index (χ4n) is 3.03. The van der Waals surface area contributed by atoms with Crippen LogP contribution >= 0.6 is 0 Å². The third kappa shape index (κ3) is 5.17. The van der Waals surface area contributed by atoms with E-state index < -0.39 is 0 Å². The second-order valence-corrected chi connectivity index (χ2v) is 6.45. The second kappa shape index (κ2) is 8.98. The van der Waals surface area contributed by atoms with Crippen molar-refractivity contribution in [3.05, 3.63) is 66.2 Å². The maximum absolute atomic E-state index is 12.4. The average Bonchev–Trinajstić information content (AvgIpc) is 2.73. The van der Waals surface area contributed by atoms with E-state index in [0.717, 1.165) is 5.69 Å². The van der Waals surface area contributed by atoms with Crippen molar-refractivity contribution in [3.8, 4) is 0 Å². The summed E-state index contributed by atoms with van der Waals surface area (Å²) < 4.78 is 0. The molecule has 6 heteroatoms. The number of nitrogens with one attached hydrogen (secondary N) is 1. The Balaban J connectivity index is 1.42. The number of carbonyl (C=O) groups is 3. The van der Waals surface area contributed by atoms with Gasteiger partial charge in [0.25, 0.3) is 0 Å². The van der Waals surface area contributed by atoms with E-state index in [4.69, 9.17) is 0 Å². The number of carbonyl (C=O) groups excluding carboxylic acids is 3. The van der Waals surface area contributed by atoms with E-state index in [2.05, 4.69) is 5.32 Å². The Bertz CT molecular complexity index is 785. The predicted molar refractivity (Wildman–Crippen MR) is 104 cm³/mol.